The van der Waals surface area contributed by atoms with Crippen molar-refractivity contribution >= 4 is 11.0 Å². The van der Waals surface area contributed by atoms with Gasteiger partial charge in [-0.15, -0.1) is 0 Å². The van der Waals surface area contributed by atoms with E-state index in [0.717, 1.165) is 24.4 Å². The van der Waals surface area contributed by atoms with Gasteiger partial charge in [0.25, 0.3) is 0 Å². The normalized spacial score (nSPS) is 18.2. The van der Waals surface area contributed by atoms with Crippen molar-refractivity contribution < 1.29 is 4.42 Å². The maximum atomic E-state index is 5.84. The summed E-state index contributed by atoms with van der Waals surface area (Å²) in [7, 11) is 0. The van der Waals surface area contributed by atoms with E-state index < -0.39 is 0 Å². The van der Waals surface area contributed by atoms with E-state index in [1.165, 1.54) is 37.5 Å². The summed E-state index contributed by atoms with van der Waals surface area (Å²) in [6, 6.07) is 10.4. The highest BCUT2D eigenvalue weighted by Crippen LogP contribution is 2.40. The minimum Gasteiger partial charge on any atom is -0.460 e. The molecule has 102 valence electrons. The van der Waals surface area contributed by atoms with Crippen molar-refractivity contribution in [2.24, 2.45) is 5.41 Å². The predicted octanol–water partition coefficient (Wildman–Crippen LogP) is 4.49. The van der Waals surface area contributed by atoms with E-state index >= 15 is 0 Å². The van der Waals surface area contributed by atoms with Crippen molar-refractivity contribution in [3.8, 4) is 0 Å². The van der Waals surface area contributed by atoms with Crippen LogP contribution in [-0.2, 0) is 6.54 Å². The van der Waals surface area contributed by atoms with Gasteiger partial charge in [-0.25, -0.2) is 0 Å². The Balaban J connectivity index is 1.60. The van der Waals surface area contributed by atoms with Gasteiger partial charge in [0.05, 0.1) is 6.54 Å². The third kappa shape index (κ3) is 2.69. The molecule has 0 atom stereocenters. The molecule has 0 radical (unpaired) electrons. The Morgan fingerprint density at radius 2 is 2.00 bits per heavy atom. The van der Waals surface area contributed by atoms with Crippen molar-refractivity contribution in [2.45, 2.75) is 45.6 Å². The molecule has 0 amide bonds. The predicted molar refractivity (Wildman–Crippen MR) is 79.1 cm³/mol. The van der Waals surface area contributed by atoms with Crippen molar-refractivity contribution in [2.75, 3.05) is 6.54 Å². The largest absolute Gasteiger partial charge is 0.460 e. The lowest BCUT2D eigenvalue weighted by atomic mass is 9.83. The van der Waals surface area contributed by atoms with Gasteiger partial charge in [0.1, 0.15) is 11.3 Å². The summed E-state index contributed by atoms with van der Waals surface area (Å²) < 4.78 is 5.84. The Kier molecular flexibility index (Phi) is 3.61. The van der Waals surface area contributed by atoms with E-state index in [-0.39, 0.29) is 0 Å². The van der Waals surface area contributed by atoms with Crippen molar-refractivity contribution in [3.05, 3.63) is 36.1 Å². The van der Waals surface area contributed by atoms with Gasteiger partial charge in [0.15, 0.2) is 0 Å². The monoisotopic (exact) mass is 257 g/mol. The van der Waals surface area contributed by atoms with Crippen LogP contribution in [0.3, 0.4) is 0 Å². The first-order chi connectivity index (χ1) is 9.31. The summed E-state index contributed by atoms with van der Waals surface area (Å²) in [5.41, 5.74) is 1.54. The molecule has 0 aliphatic heterocycles. The first-order valence-corrected chi connectivity index (χ1v) is 7.49. The first-order valence-electron chi connectivity index (χ1n) is 7.49. The number of rotatable bonds is 5. The summed E-state index contributed by atoms with van der Waals surface area (Å²) >= 11 is 0. The van der Waals surface area contributed by atoms with Gasteiger partial charge >= 0.3 is 0 Å². The zero-order chi connectivity index (χ0) is 13.1. The minimum absolute atomic E-state index is 0.548. The summed E-state index contributed by atoms with van der Waals surface area (Å²) in [5.74, 6) is 1.05. The fourth-order valence-corrected chi connectivity index (χ4v) is 3.36. The smallest absolute Gasteiger partial charge is 0.134 e. The van der Waals surface area contributed by atoms with E-state index in [9.17, 15) is 0 Å². The Hall–Kier alpha value is -1.28. The fourth-order valence-electron chi connectivity index (χ4n) is 3.36. The van der Waals surface area contributed by atoms with E-state index in [4.69, 9.17) is 4.42 Å². The number of para-hydroxylation sites is 1. The van der Waals surface area contributed by atoms with E-state index in [1.807, 2.05) is 12.1 Å². The lowest BCUT2D eigenvalue weighted by Gasteiger charge is -2.27. The maximum absolute atomic E-state index is 5.84. The molecule has 2 heteroatoms. The van der Waals surface area contributed by atoms with E-state index in [1.54, 1.807) is 0 Å². The van der Waals surface area contributed by atoms with Crippen LogP contribution in [-0.4, -0.2) is 6.54 Å². The quantitative estimate of drug-likeness (QED) is 0.853. The van der Waals surface area contributed by atoms with Gasteiger partial charge in [0.2, 0.25) is 0 Å². The van der Waals surface area contributed by atoms with Crippen LogP contribution < -0.4 is 5.32 Å². The van der Waals surface area contributed by atoms with E-state index in [0.29, 0.717) is 5.41 Å². The molecule has 19 heavy (non-hydrogen) atoms. The van der Waals surface area contributed by atoms with Crippen molar-refractivity contribution in [1.29, 1.82) is 0 Å². The van der Waals surface area contributed by atoms with Gasteiger partial charge in [-0.05, 0) is 36.8 Å². The van der Waals surface area contributed by atoms with Gasteiger partial charge in [-0.1, -0.05) is 38.0 Å². The van der Waals surface area contributed by atoms with Gasteiger partial charge < -0.3 is 9.73 Å². The van der Waals surface area contributed by atoms with Crippen LogP contribution in [0.5, 0.6) is 0 Å². The molecule has 2 aromatic rings. The lowest BCUT2D eigenvalue weighted by molar-refractivity contribution is 0.265. The number of hydrogen-bond donors (Lipinski definition) is 1. The molecule has 1 aliphatic carbocycles. The molecule has 1 saturated carbocycles. The Morgan fingerprint density at radius 3 is 2.74 bits per heavy atom. The highest BCUT2D eigenvalue weighted by atomic mass is 16.3. The molecule has 3 rings (SSSR count). The molecule has 1 aromatic heterocycles. The summed E-state index contributed by atoms with van der Waals surface area (Å²) in [6.45, 7) is 4.30. The second-order valence-electron chi connectivity index (χ2n) is 5.91. The van der Waals surface area contributed by atoms with Crippen LogP contribution in [0.4, 0.5) is 0 Å². The zero-order valence-electron chi connectivity index (χ0n) is 11.7. The number of furan rings is 1. The highest BCUT2D eigenvalue weighted by molar-refractivity contribution is 5.77. The number of benzene rings is 1. The van der Waals surface area contributed by atoms with Gasteiger partial charge in [-0.3, -0.25) is 0 Å². The summed E-state index contributed by atoms with van der Waals surface area (Å²) in [6.07, 6.45) is 6.87. The Labute approximate surface area is 115 Å². The standard InChI is InChI=1S/C17H23NO/c1-2-17(9-5-6-10-17)13-18-12-15-11-14-7-3-4-8-16(14)19-15/h3-4,7-8,11,18H,2,5-6,9-10,12-13H2,1H3. The molecule has 1 aromatic carbocycles. The van der Waals surface area contributed by atoms with Crippen LogP contribution in [0, 0.1) is 5.41 Å². The second kappa shape index (κ2) is 5.38. The van der Waals surface area contributed by atoms with Crippen LogP contribution in [0.25, 0.3) is 11.0 Å². The Bertz CT molecular complexity index is 504. The van der Waals surface area contributed by atoms with Crippen LogP contribution in [0.2, 0.25) is 0 Å². The first kappa shape index (κ1) is 12.7. The van der Waals surface area contributed by atoms with Crippen molar-refractivity contribution in [1.82, 2.24) is 5.32 Å². The number of nitrogens with one attached hydrogen (secondary N) is 1. The Morgan fingerprint density at radius 1 is 1.21 bits per heavy atom. The molecule has 0 saturated heterocycles. The molecule has 1 heterocycles. The van der Waals surface area contributed by atoms with Crippen molar-refractivity contribution in [3.63, 3.8) is 0 Å². The minimum atomic E-state index is 0.548. The third-order valence-corrected chi connectivity index (χ3v) is 4.69. The molecule has 1 fully saturated rings. The average molecular weight is 257 g/mol. The molecule has 1 aliphatic rings. The molecular formula is C17H23NO. The maximum Gasteiger partial charge on any atom is 0.134 e. The molecule has 0 unspecified atom stereocenters. The van der Waals surface area contributed by atoms with Crippen LogP contribution >= 0.6 is 0 Å². The SMILES string of the molecule is CCC1(CNCc2cc3ccccc3o2)CCCC1. The second-order valence-corrected chi connectivity index (χ2v) is 5.91. The third-order valence-electron chi connectivity index (χ3n) is 4.69. The fraction of sp³-hybridized carbons (Fsp3) is 0.529. The number of fused-ring (bicyclic) bond motifs is 1. The lowest BCUT2D eigenvalue weighted by Crippen LogP contribution is -2.31. The molecule has 0 bridgehead atoms. The van der Waals surface area contributed by atoms with Gasteiger partial charge in [0, 0.05) is 11.9 Å². The number of hydrogen-bond acceptors (Lipinski definition) is 2. The summed E-state index contributed by atoms with van der Waals surface area (Å²) in [4.78, 5) is 0. The van der Waals surface area contributed by atoms with Gasteiger partial charge in [-0.2, -0.15) is 0 Å². The van der Waals surface area contributed by atoms with Crippen LogP contribution in [0.15, 0.2) is 34.7 Å². The van der Waals surface area contributed by atoms with Crippen LogP contribution in [0.1, 0.15) is 44.8 Å². The zero-order valence-corrected chi connectivity index (χ0v) is 11.7. The molecule has 2 nitrogen and oxygen atoms in total. The van der Waals surface area contributed by atoms with E-state index in [2.05, 4.69) is 30.4 Å². The molecule has 0 spiro atoms. The topological polar surface area (TPSA) is 25.2 Å². The summed E-state index contributed by atoms with van der Waals surface area (Å²) in [5, 5.41) is 4.80. The highest BCUT2D eigenvalue weighted by Gasteiger charge is 2.31. The molecule has 1 N–H and O–H groups in total. The molecular weight excluding hydrogens is 234 g/mol. The average Bonchev–Trinajstić information content (AvgIpc) is 3.05.